The van der Waals surface area contributed by atoms with Gasteiger partial charge in [0, 0.05) is 6.61 Å². The van der Waals surface area contributed by atoms with Crippen molar-refractivity contribution in [3.8, 4) is 6.07 Å². The SMILES string of the molecule is CC(C)(CO)CC(C)(C#N)N=NC(C)(C)C. The van der Waals surface area contributed by atoms with Gasteiger partial charge in [-0.15, -0.1) is 0 Å². The van der Waals surface area contributed by atoms with Gasteiger partial charge in [0.1, 0.15) is 0 Å². The van der Waals surface area contributed by atoms with Crippen molar-refractivity contribution in [2.75, 3.05) is 6.61 Å². The number of rotatable bonds is 4. The van der Waals surface area contributed by atoms with Crippen molar-refractivity contribution in [1.82, 2.24) is 0 Å². The topological polar surface area (TPSA) is 68.7 Å². The van der Waals surface area contributed by atoms with Gasteiger partial charge in [0.2, 0.25) is 0 Å². The lowest BCUT2D eigenvalue weighted by Gasteiger charge is -2.28. The molecule has 0 heterocycles. The quantitative estimate of drug-likeness (QED) is 0.747. The van der Waals surface area contributed by atoms with Crippen LogP contribution in [0.25, 0.3) is 0 Å². The molecule has 0 bridgehead atoms. The number of nitriles is 1. The fourth-order valence-corrected chi connectivity index (χ4v) is 1.35. The second kappa shape index (κ2) is 4.92. The van der Waals surface area contributed by atoms with Gasteiger partial charge in [0.05, 0.1) is 11.6 Å². The van der Waals surface area contributed by atoms with Gasteiger partial charge < -0.3 is 5.11 Å². The Labute approximate surface area is 98.4 Å². The van der Waals surface area contributed by atoms with Crippen molar-refractivity contribution < 1.29 is 5.11 Å². The summed E-state index contributed by atoms with van der Waals surface area (Å²) in [5.74, 6) is 0. The van der Waals surface area contributed by atoms with Crippen molar-refractivity contribution in [3.63, 3.8) is 0 Å². The molecule has 1 atom stereocenters. The molecule has 0 radical (unpaired) electrons. The van der Waals surface area contributed by atoms with Crippen LogP contribution in [-0.2, 0) is 0 Å². The van der Waals surface area contributed by atoms with Crippen LogP contribution in [0.1, 0.15) is 48.0 Å². The molecule has 0 aliphatic rings. The summed E-state index contributed by atoms with van der Waals surface area (Å²) in [5.41, 5.74) is -1.46. The zero-order valence-corrected chi connectivity index (χ0v) is 11.2. The summed E-state index contributed by atoms with van der Waals surface area (Å²) in [4.78, 5) is 0. The van der Waals surface area contributed by atoms with Gasteiger partial charge in [-0.1, -0.05) is 13.8 Å². The average Bonchev–Trinajstić information content (AvgIpc) is 2.13. The fraction of sp³-hybridized carbons (Fsp3) is 0.917. The molecule has 0 fully saturated rings. The average molecular weight is 225 g/mol. The second-order valence-electron chi connectivity index (χ2n) is 6.26. The highest BCUT2D eigenvalue weighted by Crippen LogP contribution is 2.30. The summed E-state index contributed by atoms with van der Waals surface area (Å²) in [6.07, 6.45) is 0.493. The van der Waals surface area contributed by atoms with E-state index < -0.39 is 5.54 Å². The first kappa shape index (κ1) is 15.0. The van der Waals surface area contributed by atoms with E-state index in [0.717, 1.165) is 0 Å². The van der Waals surface area contributed by atoms with E-state index in [9.17, 15) is 5.11 Å². The minimum atomic E-state index is -0.862. The van der Waals surface area contributed by atoms with Crippen LogP contribution >= 0.6 is 0 Å². The van der Waals surface area contributed by atoms with Crippen molar-refractivity contribution in [2.24, 2.45) is 15.6 Å². The van der Waals surface area contributed by atoms with E-state index in [-0.39, 0.29) is 17.6 Å². The summed E-state index contributed by atoms with van der Waals surface area (Å²) in [5, 5.41) is 26.6. The molecule has 16 heavy (non-hydrogen) atoms. The number of azo groups is 1. The Bertz CT molecular complexity index is 296. The highest BCUT2D eigenvalue weighted by Gasteiger charge is 2.32. The Morgan fingerprint density at radius 1 is 1.06 bits per heavy atom. The van der Waals surface area contributed by atoms with Crippen molar-refractivity contribution in [2.45, 2.75) is 59.0 Å². The number of hydrogen-bond acceptors (Lipinski definition) is 4. The number of aliphatic hydroxyl groups excluding tert-OH is 1. The van der Waals surface area contributed by atoms with Gasteiger partial charge in [-0.05, 0) is 39.5 Å². The van der Waals surface area contributed by atoms with Crippen LogP contribution in [0.5, 0.6) is 0 Å². The van der Waals surface area contributed by atoms with Crippen LogP contribution < -0.4 is 0 Å². The Morgan fingerprint density at radius 2 is 1.56 bits per heavy atom. The van der Waals surface area contributed by atoms with Gasteiger partial charge in [0.15, 0.2) is 5.54 Å². The van der Waals surface area contributed by atoms with Crippen molar-refractivity contribution in [3.05, 3.63) is 0 Å². The van der Waals surface area contributed by atoms with E-state index in [2.05, 4.69) is 16.3 Å². The van der Waals surface area contributed by atoms with Gasteiger partial charge in [-0.2, -0.15) is 15.5 Å². The van der Waals surface area contributed by atoms with E-state index >= 15 is 0 Å². The summed E-state index contributed by atoms with van der Waals surface area (Å²) in [6.45, 7) is 11.4. The lowest BCUT2D eigenvalue weighted by molar-refractivity contribution is 0.133. The van der Waals surface area contributed by atoms with E-state index in [1.54, 1.807) is 6.92 Å². The highest BCUT2D eigenvalue weighted by molar-refractivity contribution is 5.05. The monoisotopic (exact) mass is 225 g/mol. The first-order chi connectivity index (χ1) is 7.04. The smallest absolute Gasteiger partial charge is 0.165 e. The summed E-state index contributed by atoms with van der Waals surface area (Å²) in [7, 11) is 0. The molecule has 0 rings (SSSR count). The van der Waals surface area contributed by atoms with Crippen LogP contribution in [0, 0.1) is 16.7 Å². The van der Waals surface area contributed by atoms with Gasteiger partial charge in [-0.3, -0.25) is 0 Å². The second-order valence-corrected chi connectivity index (χ2v) is 6.26. The standard InChI is InChI=1S/C12H23N3O/c1-10(2,3)14-15-12(6,8-13)7-11(4,5)9-16/h16H,7,9H2,1-6H3. The number of nitrogens with zero attached hydrogens (tertiary/aromatic N) is 3. The molecule has 0 saturated carbocycles. The molecule has 4 nitrogen and oxygen atoms in total. The highest BCUT2D eigenvalue weighted by atomic mass is 16.3. The minimum Gasteiger partial charge on any atom is -0.396 e. The molecule has 0 amide bonds. The number of aliphatic hydroxyl groups is 1. The molecule has 0 spiro atoms. The van der Waals surface area contributed by atoms with Crippen LogP contribution in [0.4, 0.5) is 0 Å². The van der Waals surface area contributed by atoms with E-state index in [0.29, 0.717) is 6.42 Å². The molecule has 0 aromatic rings. The molecule has 1 N–H and O–H groups in total. The lowest BCUT2D eigenvalue weighted by Crippen LogP contribution is -2.31. The molecular formula is C12H23N3O. The van der Waals surface area contributed by atoms with Gasteiger partial charge >= 0.3 is 0 Å². The largest absolute Gasteiger partial charge is 0.396 e. The fourth-order valence-electron chi connectivity index (χ4n) is 1.35. The van der Waals surface area contributed by atoms with Crippen LogP contribution in [0.15, 0.2) is 10.2 Å². The zero-order chi connectivity index (χ0) is 13.0. The van der Waals surface area contributed by atoms with Gasteiger partial charge in [-0.25, -0.2) is 0 Å². The maximum atomic E-state index is 9.20. The molecule has 92 valence electrons. The van der Waals surface area contributed by atoms with Crippen LogP contribution in [-0.4, -0.2) is 22.8 Å². The first-order valence-electron chi connectivity index (χ1n) is 5.50. The third-order valence-electron chi connectivity index (χ3n) is 2.06. The molecule has 4 heteroatoms. The summed E-state index contributed by atoms with van der Waals surface area (Å²) in [6, 6.07) is 2.17. The number of hydrogen-bond donors (Lipinski definition) is 1. The lowest BCUT2D eigenvalue weighted by atomic mass is 9.81. The molecule has 0 aromatic carbocycles. The predicted octanol–water partition coefficient (Wildman–Crippen LogP) is 2.93. The zero-order valence-electron chi connectivity index (χ0n) is 11.2. The third-order valence-corrected chi connectivity index (χ3v) is 2.06. The van der Waals surface area contributed by atoms with Crippen LogP contribution in [0.3, 0.4) is 0 Å². The summed E-state index contributed by atoms with van der Waals surface area (Å²) < 4.78 is 0. The van der Waals surface area contributed by atoms with Crippen LogP contribution in [0.2, 0.25) is 0 Å². The van der Waals surface area contributed by atoms with E-state index in [4.69, 9.17) is 5.26 Å². The molecule has 0 aliphatic carbocycles. The van der Waals surface area contributed by atoms with Gasteiger partial charge in [0.25, 0.3) is 0 Å². The predicted molar refractivity (Wildman–Crippen MR) is 64.1 cm³/mol. The van der Waals surface area contributed by atoms with Crippen molar-refractivity contribution in [1.29, 1.82) is 5.26 Å². The molecule has 0 aromatic heterocycles. The Morgan fingerprint density at radius 3 is 1.88 bits per heavy atom. The summed E-state index contributed by atoms with van der Waals surface area (Å²) >= 11 is 0. The Hall–Kier alpha value is -0.950. The Balaban J connectivity index is 4.83. The van der Waals surface area contributed by atoms with Crippen molar-refractivity contribution >= 4 is 0 Å². The van der Waals surface area contributed by atoms with E-state index in [1.807, 2.05) is 34.6 Å². The Kier molecular flexibility index (Phi) is 4.63. The normalized spacial score (nSPS) is 17.1. The maximum absolute atomic E-state index is 9.20. The molecular weight excluding hydrogens is 202 g/mol. The molecule has 0 saturated heterocycles. The third kappa shape index (κ3) is 5.82. The molecule has 1 unspecified atom stereocenters. The minimum absolute atomic E-state index is 0.0370. The molecule has 0 aliphatic heterocycles. The van der Waals surface area contributed by atoms with E-state index in [1.165, 1.54) is 0 Å². The maximum Gasteiger partial charge on any atom is 0.165 e. The first-order valence-corrected chi connectivity index (χ1v) is 5.50.